The fourth-order valence-electron chi connectivity index (χ4n) is 6.10. The van der Waals surface area contributed by atoms with Crippen molar-refractivity contribution in [1.82, 2.24) is 0 Å². The molecular formula is C23H25NO2. The van der Waals surface area contributed by atoms with Crippen molar-refractivity contribution >= 4 is 11.7 Å². The minimum Gasteiger partial charge on any atom is -0.478 e. The van der Waals surface area contributed by atoms with Gasteiger partial charge in [-0.1, -0.05) is 35.9 Å². The van der Waals surface area contributed by atoms with Gasteiger partial charge in [-0.05, 0) is 79.5 Å². The number of nitrogens with one attached hydrogen (secondary N) is 1. The quantitative estimate of drug-likeness (QED) is 0.775. The summed E-state index contributed by atoms with van der Waals surface area (Å²) in [4.78, 5) is 11.8. The molecule has 2 aromatic rings. The third-order valence-corrected chi connectivity index (χ3v) is 7.12. The molecule has 134 valence electrons. The Balaban J connectivity index is 1.70. The number of rotatable bonds is 2. The Morgan fingerprint density at radius 2 is 1.88 bits per heavy atom. The molecule has 5 rings (SSSR count). The van der Waals surface area contributed by atoms with Crippen molar-refractivity contribution in [3.05, 3.63) is 64.2 Å². The molecule has 26 heavy (non-hydrogen) atoms. The third kappa shape index (κ3) is 2.16. The van der Waals surface area contributed by atoms with Crippen molar-refractivity contribution in [3.63, 3.8) is 0 Å². The molecule has 0 aromatic heterocycles. The normalized spacial score (nSPS) is 31.2. The van der Waals surface area contributed by atoms with Crippen LogP contribution in [0.2, 0.25) is 0 Å². The number of para-hydroxylation sites is 1. The van der Waals surface area contributed by atoms with E-state index in [1.807, 2.05) is 6.07 Å². The molecular weight excluding hydrogens is 322 g/mol. The Morgan fingerprint density at radius 1 is 1.08 bits per heavy atom. The van der Waals surface area contributed by atoms with E-state index >= 15 is 0 Å². The van der Waals surface area contributed by atoms with E-state index in [9.17, 15) is 9.90 Å². The van der Waals surface area contributed by atoms with Crippen molar-refractivity contribution in [1.29, 1.82) is 0 Å². The summed E-state index contributed by atoms with van der Waals surface area (Å²) in [5.41, 5.74) is 6.43. The summed E-state index contributed by atoms with van der Waals surface area (Å²) in [6, 6.07) is 12.7. The standard InChI is InChI=1S/C23H25NO2/c1-12-6-7-13(2)18(10-12)22-20-15-9-8-14(11-15)19(20)16-4-3-5-17(23(25)26)21(16)24-22/h3-7,10,14-15,19-20,22,24H,8-9,11H2,1-2H3,(H,25,26)/t14-,15+,19+,20-,22-/m0/s1. The Kier molecular flexibility index (Phi) is 3.43. The summed E-state index contributed by atoms with van der Waals surface area (Å²) >= 11 is 0. The minimum atomic E-state index is -0.837. The van der Waals surface area contributed by atoms with Gasteiger partial charge in [0.05, 0.1) is 17.3 Å². The number of hydrogen-bond acceptors (Lipinski definition) is 2. The van der Waals surface area contributed by atoms with E-state index in [0.717, 1.165) is 11.6 Å². The van der Waals surface area contributed by atoms with E-state index in [1.54, 1.807) is 6.07 Å². The van der Waals surface area contributed by atoms with Crippen LogP contribution in [0.5, 0.6) is 0 Å². The van der Waals surface area contributed by atoms with Crippen LogP contribution in [0.1, 0.15) is 63.8 Å². The van der Waals surface area contributed by atoms with Gasteiger partial charge in [0, 0.05) is 0 Å². The number of anilines is 1. The predicted octanol–water partition coefficient (Wildman–Crippen LogP) is 5.30. The molecule has 3 heteroatoms. The van der Waals surface area contributed by atoms with Crippen molar-refractivity contribution < 1.29 is 9.90 Å². The molecule has 2 N–H and O–H groups in total. The van der Waals surface area contributed by atoms with Crippen LogP contribution in [0, 0.1) is 31.6 Å². The summed E-state index contributed by atoms with van der Waals surface area (Å²) < 4.78 is 0. The Labute approximate surface area is 154 Å². The number of carboxylic acid groups (broad SMARTS) is 1. The number of carbonyl (C=O) groups is 1. The maximum Gasteiger partial charge on any atom is 0.337 e. The molecule has 2 aliphatic carbocycles. The fraction of sp³-hybridized carbons (Fsp3) is 0.435. The highest BCUT2D eigenvalue weighted by atomic mass is 16.4. The molecule has 0 radical (unpaired) electrons. The maximum absolute atomic E-state index is 11.8. The molecule has 1 aliphatic heterocycles. The van der Waals surface area contributed by atoms with Crippen molar-refractivity contribution in [2.45, 2.75) is 45.1 Å². The second-order valence-electron chi connectivity index (χ2n) is 8.49. The highest BCUT2D eigenvalue weighted by Crippen LogP contribution is 2.64. The van der Waals surface area contributed by atoms with Gasteiger partial charge in [-0.3, -0.25) is 0 Å². The molecule has 0 saturated heterocycles. The molecule has 2 aromatic carbocycles. The second-order valence-corrected chi connectivity index (χ2v) is 8.49. The maximum atomic E-state index is 11.8. The van der Waals surface area contributed by atoms with Gasteiger partial charge < -0.3 is 10.4 Å². The van der Waals surface area contributed by atoms with Gasteiger partial charge in [-0.15, -0.1) is 0 Å². The van der Waals surface area contributed by atoms with Gasteiger partial charge in [-0.25, -0.2) is 4.79 Å². The molecule has 1 heterocycles. The first kappa shape index (κ1) is 15.9. The summed E-state index contributed by atoms with van der Waals surface area (Å²) in [5.74, 6) is 1.70. The van der Waals surface area contributed by atoms with Crippen LogP contribution in [0.15, 0.2) is 36.4 Å². The number of carboxylic acids is 1. The van der Waals surface area contributed by atoms with Gasteiger partial charge in [0.15, 0.2) is 0 Å². The van der Waals surface area contributed by atoms with Crippen molar-refractivity contribution in [2.24, 2.45) is 17.8 Å². The number of benzene rings is 2. The molecule has 0 spiro atoms. The van der Waals surface area contributed by atoms with Crippen LogP contribution < -0.4 is 5.32 Å². The lowest BCUT2D eigenvalue weighted by Crippen LogP contribution is -2.36. The summed E-state index contributed by atoms with van der Waals surface area (Å²) in [6.45, 7) is 4.32. The molecule has 2 bridgehead atoms. The predicted molar refractivity (Wildman–Crippen MR) is 103 cm³/mol. The van der Waals surface area contributed by atoms with Gasteiger partial charge in [0.25, 0.3) is 0 Å². The molecule has 2 saturated carbocycles. The van der Waals surface area contributed by atoms with E-state index in [-0.39, 0.29) is 6.04 Å². The first-order chi connectivity index (χ1) is 12.5. The first-order valence-corrected chi connectivity index (χ1v) is 9.74. The Hall–Kier alpha value is -2.29. The fourth-order valence-corrected chi connectivity index (χ4v) is 6.10. The third-order valence-electron chi connectivity index (χ3n) is 7.12. The van der Waals surface area contributed by atoms with E-state index in [4.69, 9.17) is 0 Å². The Bertz CT molecular complexity index is 903. The van der Waals surface area contributed by atoms with Gasteiger partial charge in [0.1, 0.15) is 0 Å². The average molecular weight is 347 g/mol. The molecule has 0 amide bonds. The van der Waals surface area contributed by atoms with E-state index in [2.05, 4.69) is 43.4 Å². The Morgan fingerprint density at radius 3 is 2.69 bits per heavy atom. The SMILES string of the molecule is Cc1ccc(C)c([C@@H]2Nc3c(C(=O)O)cccc3[C@H]3[C@H]4CC[C@H](C4)[C@@H]32)c1. The highest BCUT2D eigenvalue weighted by molar-refractivity contribution is 5.95. The van der Waals surface area contributed by atoms with Gasteiger partial charge in [-0.2, -0.15) is 0 Å². The topological polar surface area (TPSA) is 49.3 Å². The lowest BCUT2D eigenvalue weighted by atomic mass is 9.67. The highest BCUT2D eigenvalue weighted by Gasteiger charge is 2.54. The van der Waals surface area contributed by atoms with Crippen LogP contribution in [0.3, 0.4) is 0 Å². The van der Waals surface area contributed by atoms with Crippen LogP contribution in [-0.2, 0) is 0 Å². The van der Waals surface area contributed by atoms with E-state index in [0.29, 0.717) is 23.3 Å². The molecule has 0 unspecified atom stereocenters. The average Bonchev–Trinajstić information content (AvgIpc) is 3.25. The van der Waals surface area contributed by atoms with Crippen molar-refractivity contribution in [3.8, 4) is 0 Å². The van der Waals surface area contributed by atoms with Crippen LogP contribution in [0.4, 0.5) is 5.69 Å². The van der Waals surface area contributed by atoms with E-state index < -0.39 is 5.97 Å². The number of aryl methyl sites for hydroxylation is 2. The van der Waals surface area contributed by atoms with Crippen LogP contribution in [0.25, 0.3) is 0 Å². The van der Waals surface area contributed by atoms with Gasteiger partial charge in [0.2, 0.25) is 0 Å². The van der Waals surface area contributed by atoms with Crippen LogP contribution >= 0.6 is 0 Å². The smallest absolute Gasteiger partial charge is 0.337 e. The number of hydrogen-bond donors (Lipinski definition) is 2. The summed E-state index contributed by atoms with van der Waals surface area (Å²) in [5, 5.41) is 13.4. The summed E-state index contributed by atoms with van der Waals surface area (Å²) in [7, 11) is 0. The number of fused-ring (bicyclic) bond motifs is 7. The monoisotopic (exact) mass is 347 g/mol. The summed E-state index contributed by atoms with van der Waals surface area (Å²) in [6.07, 6.45) is 3.92. The second kappa shape index (κ2) is 5.60. The largest absolute Gasteiger partial charge is 0.478 e. The zero-order chi connectivity index (χ0) is 18.0. The minimum absolute atomic E-state index is 0.211. The van der Waals surface area contributed by atoms with Gasteiger partial charge >= 0.3 is 5.97 Å². The number of aromatic carboxylic acids is 1. The lowest BCUT2D eigenvalue weighted by Gasteiger charge is -2.44. The first-order valence-electron chi connectivity index (χ1n) is 9.74. The molecule has 5 atom stereocenters. The zero-order valence-corrected chi connectivity index (χ0v) is 15.3. The molecule has 3 aliphatic rings. The zero-order valence-electron chi connectivity index (χ0n) is 15.3. The van der Waals surface area contributed by atoms with E-state index in [1.165, 1.54) is 41.5 Å². The lowest BCUT2D eigenvalue weighted by molar-refractivity contribution is 0.0697. The molecule has 2 fully saturated rings. The van der Waals surface area contributed by atoms with Crippen LogP contribution in [-0.4, -0.2) is 11.1 Å². The molecule has 3 nitrogen and oxygen atoms in total. The van der Waals surface area contributed by atoms with Crippen molar-refractivity contribution in [2.75, 3.05) is 5.32 Å².